The summed E-state index contributed by atoms with van der Waals surface area (Å²) in [5.41, 5.74) is 3.87. The van der Waals surface area contributed by atoms with Crippen LogP contribution in [0.25, 0.3) is 15.9 Å². The number of amides is 1. The summed E-state index contributed by atoms with van der Waals surface area (Å²) in [4.78, 5) is 35.1. The molecule has 0 bridgehead atoms. The van der Waals surface area contributed by atoms with Gasteiger partial charge in [0.2, 0.25) is 5.91 Å². The van der Waals surface area contributed by atoms with Crippen molar-refractivity contribution >= 4 is 44.9 Å². The summed E-state index contributed by atoms with van der Waals surface area (Å²) in [6, 6.07) is 17.4. The Labute approximate surface area is 194 Å². The lowest BCUT2D eigenvalue weighted by molar-refractivity contribution is -0.115. The van der Waals surface area contributed by atoms with Crippen LogP contribution in [0, 0.1) is 6.92 Å². The molecular weight excluding hydrogens is 438 g/mol. The van der Waals surface area contributed by atoms with Crippen LogP contribution in [0.2, 0.25) is 0 Å². The van der Waals surface area contributed by atoms with E-state index in [0.717, 1.165) is 46.4 Å². The second kappa shape index (κ2) is 8.56. The number of anilines is 1. The number of aromatic nitrogens is 2. The van der Waals surface area contributed by atoms with E-state index in [9.17, 15) is 9.59 Å². The first-order valence-electron chi connectivity index (χ1n) is 10.6. The summed E-state index contributed by atoms with van der Waals surface area (Å²) < 4.78 is 1.67. The van der Waals surface area contributed by atoms with E-state index in [1.807, 2.05) is 61.5 Å². The predicted molar refractivity (Wildman–Crippen MR) is 133 cm³/mol. The van der Waals surface area contributed by atoms with Gasteiger partial charge in [-0.1, -0.05) is 47.7 Å². The minimum Gasteiger partial charge on any atom is -0.315 e. The Bertz CT molecular complexity index is 1360. The van der Waals surface area contributed by atoms with Gasteiger partial charge in [0.05, 0.1) is 16.8 Å². The molecule has 5 nitrogen and oxygen atoms in total. The van der Waals surface area contributed by atoms with Crippen molar-refractivity contribution in [2.75, 3.05) is 17.7 Å². The average Bonchev–Trinajstić information content (AvgIpc) is 3.39. The molecule has 0 fully saturated rings. The van der Waals surface area contributed by atoms with Crippen LogP contribution in [0.4, 0.5) is 5.69 Å². The molecule has 0 N–H and O–H groups in total. The Hall–Kier alpha value is -2.90. The fraction of sp³-hybridized carbons (Fsp3) is 0.240. The maximum absolute atomic E-state index is 13.7. The molecule has 0 saturated carbocycles. The maximum Gasteiger partial charge on any atom is 0.267 e. The fourth-order valence-electron chi connectivity index (χ4n) is 4.06. The van der Waals surface area contributed by atoms with E-state index >= 15 is 0 Å². The normalized spacial score (nSPS) is 12.8. The number of carbonyl (C=O) groups is 1. The third kappa shape index (κ3) is 3.76. The average molecular weight is 462 g/mol. The van der Waals surface area contributed by atoms with E-state index in [2.05, 4.69) is 0 Å². The van der Waals surface area contributed by atoms with Crippen molar-refractivity contribution in [1.82, 2.24) is 9.55 Å². The van der Waals surface area contributed by atoms with Crippen molar-refractivity contribution in [3.63, 3.8) is 0 Å². The minimum absolute atomic E-state index is 0.0374. The lowest BCUT2D eigenvalue weighted by Crippen LogP contribution is -2.28. The highest BCUT2D eigenvalue weighted by Gasteiger charge is 2.24. The van der Waals surface area contributed by atoms with Gasteiger partial charge in [-0.15, -0.1) is 11.3 Å². The molecular formula is C25H23N3O2S2. The number of rotatable bonds is 5. The van der Waals surface area contributed by atoms with Crippen LogP contribution in [0.3, 0.4) is 0 Å². The van der Waals surface area contributed by atoms with Gasteiger partial charge in [0.15, 0.2) is 5.16 Å². The fourth-order valence-corrected chi connectivity index (χ4v) is 6.29. The highest BCUT2D eigenvalue weighted by atomic mass is 32.2. The number of nitrogens with zero attached hydrogens (tertiary/aromatic N) is 3. The first kappa shape index (κ1) is 21.0. The molecule has 0 aliphatic heterocycles. The van der Waals surface area contributed by atoms with Crippen LogP contribution in [0.1, 0.15) is 22.4 Å². The Kier molecular flexibility index (Phi) is 5.61. The lowest BCUT2D eigenvalue weighted by Gasteiger charge is -2.18. The SMILES string of the molecule is Cc1ccc(-n2c(SCC(=O)N(C)c3ccccc3)nc3sc4c(c3c2=O)CCC4)cc1. The summed E-state index contributed by atoms with van der Waals surface area (Å²) in [6.45, 7) is 2.02. The molecule has 1 amide bonds. The topological polar surface area (TPSA) is 55.2 Å². The van der Waals surface area contributed by atoms with E-state index in [-0.39, 0.29) is 17.2 Å². The van der Waals surface area contributed by atoms with Gasteiger partial charge in [-0.25, -0.2) is 4.98 Å². The van der Waals surface area contributed by atoms with Crippen LogP contribution in [0.15, 0.2) is 64.5 Å². The highest BCUT2D eigenvalue weighted by molar-refractivity contribution is 7.99. The second-order valence-corrected chi connectivity index (χ2v) is 10.0. The second-order valence-electron chi connectivity index (χ2n) is 7.98. The molecule has 32 heavy (non-hydrogen) atoms. The standard InChI is InChI=1S/C25H23N3O2S2/c1-16-11-13-18(14-12-16)28-24(30)22-19-9-6-10-20(19)32-23(22)26-25(28)31-15-21(29)27(2)17-7-4-3-5-8-17/h3-5,7-8,11-14H,6,9-10,15H2,1-2H3. The zero-order chi connectivity index (χ0) is 22.2. The summed E-state index contributed by atoms with van der Waals surface area (Å²) >= 11 is 2.94. The molecule has 162 valence electrons. The Morgan fingerprint density at radius 1 is 1.12 bits per heavy atom. The largest absolute Gasteiger partial charge is 0.315 e. The summed E-state index contributed by atoms with van der Waals surface area (Å²) in [5.74, 6) is 0.153. The summed E-state index contributed by atoms with van der Waals surface area (Å²) in [5, 5.41) is 1.31. The van der Waals surface area contributed by atoms with E-state index in [1.165, 1.54) is 22.2 Å². The first-order chi connectivity index (χ1) is 15.5. The number of fused-ring (bicyclic) bond motifs is 3. The van der Waals surface area contributed by atoms with Crippen molar-refractivity contribution in [2.24, 2.45) is 0 Å². The smallest absolute Gasteiger partial charge is 0.267 e. The number of para-hydroxylation sites is 1. The summed E-state index contributed by atoms with van der Waals surface area (Å²) in [7, 11) is 1.77. The van der Waals surface area contributed by atoms with Gasteiger partial charge in [-0.2, -0.15) is 0 Å². The van der Waals surface area contributed by atoms with Crippen molar-refractivity contribution in [3.8, 4) is 5.69 Å². The van der Waals surface area contributed by atoms with E-state index in [4.69, 9.17) is 4.98 Å². The zero-order valence-corrected chi connectivity index (χ0v) is 19.6. The van der Waals surface area contributed by atoms with Crippen molar-refractivity contribution in [3.05, 3.63) is 81.0 Å². The van der Waals surface area contributed by atoms with Gasteiger partial charge in [0, 0.05) is 17.6 Å². The Balaban J connectivity index is 1.54. The van der Waals surface area contributed by atoms with Crippen molar-refractivity contribution < 1.29 is 4.79 Å². The summed E-state index contributed by atoms with van der Waals surface area (Å²) in [6.07, 6.45) is 3.05. The number of thiophene rings is 1. The maximum atomic E-state index is 13.7. The van der Waals surface area contributed by atoms with Gasteiger partial charge in [-0.05, 0) is 56.0 Å². The molecule has 0 radical (unpaired) electrons. The molecule has 2 aromatic carbocycles. The monoisotopic (exact) mass is 461 g/mol. The van der Waals surface area contributed by atoms with Crippen molar-refractivity contribution in [2.45, 2.75) is 31.3 Å². The molecule has 4 aromatic rings. The van der Waals surface area contributed by atoms with Crippen LogP contribution in [-0.4, -0.2) is 28.3 Å². The number of aryl methyl sites for hydroxylation is 3. The van der Waals surface area contributed by atoms with Crippen LogP contribution < -0.4 is 10.5 Å². The molecule has 0 unspecified atom stereocenters. The van der Waals surface area contributed by atoms with E-state index < -0.39 is 0 Å². The molecule has 2 aromatic heterocycles. The van der Waals surface area contributed by atoms with Gasteiger partial charge in [-0.3, -0.25) is 14.2 Å². The molecule has 0 atom stereocenters. The molecule has 7 heteroatoms. The minimum atomic E-state index is -0.0420. The molecule has 1 aliphatic rings. The first-order valence-corrected chi connectivity index (χ1v) is 12.4. The Morgan fingerprint density at radius 2 is 1.88 bits per heavy atom. The molecule has 0 spiro atoms. The van der Waals surface area contributed by atoms with Gasteiger partial charge in [0.1, 0.15) is 4.83 Å². The van der Waals surface area contributed by atoms with Crippen LogP contribution in [0.5, 0.6) is 0 Å². The number of hydrogen-bond acceptors (Lipinski definition) is 5. The van der Waals surface area contributed by atoms with E-state index in [1.54, 1.807) is 27.9 Å². The van der Waals surface area contributed by atoms with Gasteiger partial charge >= 0.3 is 0 Å². The van der Waals surface area contributed by atoms with Crippen molar-refractivity contribution in [1.29, 1.82) is 0 Å². The van der Waals surface area contributed by atoms with Crippen LogP contribution >= 0.6 is 23.1 Å². The highest BCUT2D eigenvalue weighted by Crippen LogP contribution is 2.36. The molecule has 0 saturated heterocycles. The number of thioether (sulfide) groups is 1. The molecule has 5 rings (SSSR count). The van der Waals surface area contributed by atoms with E-state index in [0.29, 0.717) is 5.16 Å². The lowest BCUT2D eigenvalue weighted by atomic mass is 10.2. The third-order valence-electron chi connectivity index (χ3n) is 5.84. The number of hydrogen-bond donors (Lipinski definition) is 0. The quantitative estimate of drug-likeness (QED) is 0.310. The predicted octanol–water partition coefficient (Wildman–Crippen LogP) is 5.00. The molecule has 1 aliphatic carbocycles. The zero-order valence-electron chi connectivity index (χ0n) is 18.0. The van der Waals surface area contributed by atoms with Gasteiger partial charge < -0.3 is 4.90 Å². The Morgan fingerprint density at radius 3 is 2.62 bits per heavy atom. The number of carbonyl (C=O) groups excluding carboxylic acids is 1. The molecule has 2 heterocycles. The van der Waals surface area contributed by atoms with Gasteiger partial charge in [0.25, 0.3) is 5.56 Å². The van der Waals surface area contributed by atoms with Crippen LogP contribution in [-0.2, 0) is 17.6 Å². The number of benzene rings is 2. The third-order valence-corrected chi connectivity index (χ3v) is 7.95.